The molecule has 0 aromatic carbocycles. The minimum Gasteiger partial charge on any atom is -0.389 e. The van der Waals surface area contributed by atoms with E-state index >= 15 is 0 Å². The lowest BCUT2D eigenvalue weighted by molar-refractivity contribution is 0.0147. The van der Waals surface area contributed by atoms with E-state index in [1.165, 1.54) is 12.8 Å². The highest BCUT2D eigenvalue weighted by Gasteiger charge is 2.22. The summed E-state index contributed by atoms with van der Waals surface area (Å²) in [6, 6.07) is 0.635. The predicted molar refractivity (Wildman–Crippen MR) is 62.0 cm³/mol. The molecule has 0 radical (unpaired) electrons. The molecule has 0 bridgehead atoms. The highest BCUT2D eigenvalue weighted by molar-refractivity contribution is 4.77. The molecule has 1 fully saturated rings. The molecule has 90 valence electrons. The molecule has 15 heavy (non-hydrogen) atoms. The highest BCUT2D eigenvalue weighted by atomic mass is 16.5. The SMILES string of the molecule is CCCCOC[C@@H](O)CN1CCC[C@@H]1C. The Balaban J connectivity index is 2.04. The summed E-state index contributed by atoms with van der Waals surface area (Å²) < 4.78 is 5.40. The first-order chi connectivity index (χ1) is 7.24. The van der Waals surface area contributed by atoms with Crippen molar-refractivity contribution in [2.24, 2.45) is 0 Å². The van der Waals surface area contributed by atoms with E-state index in [1.54, 1.807) is 0 Å². The smallest absolute Gasteiger partial charge is 0.0900 e. The molecule has 3 nitrogen and oxygen atoms in total. The van der Waals surface area contributed by atoms with Crippen molar-refractivity contribution in [2.45, 2.75) is 51.7 Å². The molecule has 1 aliphatic heterocycles. The molecule has 1 aliphatic rings. The Hall–Kier alpha value is -0.120. The quantitative estimate of drug-likeness (QED) is 0.655. The molecule has 0 aromatic heterocycles. The molecule has 0 amide bonds. The molecular weight excluding hydrogens is 190 g/mol. The number of hydrogen-bond acceptors (Lipinski definition) is 3. The van der Waals surface area contributed by atoms with Crippen LogP contribution in [0.4, 0.5) is 0 Å². The van der Waals surface area contributed by atoms with Crippen LogP contribution in [0.5, 0.6) is 0 Å². The number of rotatable bonds is 7. The van der Waals surface area contributed by atoms with Crippen LogP contribution in [0.1, 0.15) is 39.5 Å². The third kappa shape index (κ3) is 4.96. The van der Waals surface area contributed by atoms with Crippen molar-refractivity contribution < 1.29 is 9.84 Å². The van der Waals surface area contributed by atoms with E-state index in [9.17, 15) is 5.11 Å². The normalized spacial score (nSPS) is 24.6. The van der Waals surface area contributed by atoms with Crippen molar-refractivity contribution in [3.05, 3.63) is 0 Å². The maximum Gasteiger partial charge on any atom is 0.0900 e. The topological polar surface area (TPSA) is 32.7 Å². The molecule has 1 heterocycles. The van der Waals surface area contributed by atoms with Crippen LogP contribution >= 0.6 is 0 Å². The average Bonchev–Trinajstić information content (AvgIpc) is 2.59. The van der Waals surface area contributed by atoms with Crippen LogP contribution in [0.15, 0.2) is 0 Å². The van der Waals surface area contributed by atoms with Crippen LogP contribution in [0.25, 0.3) is 0 Å². The van der Waals surface area contributed by atoms with Gasteiger partial charge in [0.1, 0.15) is 0 Å². The summed E-state index contributed by atoms with van der Waals surface area (Å²) in [4.78, 5) is 2.36. The van der Waals surface area contributed by atoms with Gasteiger partial charge in [-0.3, -0.25) is 4.90 Å². The third-order valence-electron chi connectivity index (χ3n) is 3.09. The zero-order chi connectivity index (χ0) is 11.1. The maximum absolute atomic E-state index is 9.76. The largest absolute Gasteiger partial charge is 0.389 e. The molecule has 2 atom stereocenters. The zero-order valence-electron chi connectivity index (χ0n) is 10.1. The summed E-state index contributed by atoms with van der Waals surface area (Å²) >= 11 is 0. The maximum atomic E-state index is 9.76. The van der Waals surface area contributed by atoms with Gasteiger partial charge in [0.15, 0.2) is 0 Å². The summed E-state index contributed by atoms with van der Waals surface area (Å²) in [6.07, 6.45) is 4.46. The van der Waals surface area contributed by atoms with Crippen molar-refractivity contribution >= 4 is 0 Å². The van der Waals surface area contributed by atoms with Gasteiger partial charge in [0.25, 0.3) is 0 Å². The summed E-state index contributed by atoms with van der Waals surface area (Å²) in [6.45, 7) is 7.55. The average molecular weight is 215 g/mol. The van der Waals surface area contributed by atoms with Gasteiger partial charge in [0, 0.05) is 19.2 Å². The summed E-state index contributed by atoms with van der Waals surface area (Å²) in [5, 5.41) is 9.76. The van der Waals surface area contributed by atoms with Crippen molar-refractivity contribution in [1.29, 1.82) is 0 Å². The lowest BCUT2D eigenvalue weighted by Crippen LogP contribution is -2.36. The van der Waals surface area contributed by atoms with Crippen LogP contribution in [-0.2, 0) is 4.74 Å². The second-order valence-corrected chi connectivity index (χ2v) is 4.57. The number of likely N-dealkylation sites (tertiary alicyclic amines) is 1. The van der Waals surface area contributed by atoms with E-state index in [2.05, 4.69) is 18.7 Å². The van der Waals surface area contributed by atoms with E-state index in [1.807, 2.05) is 0 Å². The molecule has 0 aliphatic carbocycles. The standard InChI is InChI=1S/C12H25NO2/c1-3-4-8-15-10-12(14)9-13-7-5-6-11(13)2/h11-12,14H,3-10H2,1-2H3/t11-,12-/m0/s1. The molecule has 1 N–H and O–H groups in total. The molecule has 0 aromatic rings. The minimum absolute atomic E-state index is 0.317. The second kappa shape index (κ2) is 7.20. The Morgan fingerprint density at radius 1 is 1.53 bits per heavy atom. The van der Waals surface area contributed by atoms with Gasteiger partial charge in [-0.1, -0.05) is 13.3 Å². The van der Waals surface area contributed by atoms with Gasteiger partial charge < -0.3 is 9.84 Å². The Morgan fingerprint density at radius 2 is 2.33 bits per heavy atom. The van der Waals surface area contributed by atoms with E-state index < -0.39 is 0 Å². The van der Waals surface area contributed by atoms with Crippen LogP contribution in [0.3, 0.4) is 0 Å². The first-order valence-electron chi connectivity index (χ1n) is 6.24. The number of aliphatic hydroxyl groups excluding tert-OH is 1. The van der Waals surface area contributed by atoms with Crippen molar-refractivity contribution in [3.8, 4) is 0 Å². The van der Waals surface area contributed by atoms with Gasteiger partial charge in [-0.05, 0) is 32.7 Å². The zero-order valence-corrected chi connectivity index (χ0v) is 10.1. The summed E-state index contributed by atoms with van der Waals surface area (Å²) in [5.74, 6) is 0. The molecule has 1 saturated heterocycles. The second-order valence-electron chi connectivity index (χ2n) is 4.57. The molecule has 1 rings (SSSR count). The number of unbranched alkanes of at least 4 members (excludes halogenated alkanes) is 1. The van der Waals surface area contributed by atoms with Crippen LogP contribution in [0, 0.1) is 0 Å². The van der Waals surface area contributed by atoms with Crippen LogP contribution < -0.4 is 0 Å². The monoisotopic (exact) mass is 215 g/mol. The van der Waals surface area contributed by atoms with E-state index in [-0.39, 0.29) is 6.10 Å². The molecular formula is C12H25NO2. The van der Waals surface area contributed by atoms with Gasteiger partial charge in [-0.2, -0.15) is 0 Å². The Kier molecular flexibility index (Phi) is 6.22. The van der Waals surface area contributed by atoms with Crippen LogP contribution in [0.2, 0.25) is 0 Å². The van der Waals surface area contributed by atoms with Crippen molar-refractivity contribution in [2.75, 3.05) is 26.3 Å². The molecule has 0 saturated carbocycles. The fourth-order valence-electron chi connectivity index (χ4n) is 2.05. The van der Waals surface area contributed by atoms with Gasteiger partial charge in [-0.25, -0.2) is 0 Å². The highest BCUT2D eigenvalue weighted by Crippen LogP contribution is 2.16. The minimum atomic E-state index is -0.317. The number of aliphatic hydroxyl groups is 1. The Labute approximate surface area is 93.4 Å². The summed E-state index contributed by atoms with van der Waals surface area (Å²) in [5.41, 5.74) is 0. The van der Waals surface area contributed by atoms with E-state index in [4.69, 9.17) is 4.74 Å². The molecule has 3 heteroatoms. The van der Waals surface area contributed by atoms with Crippen molar-refractivity contribution in [3.63, 3.8) is 0 Å². The Morgan fingerprint density at radius 3 is 2.93 bits per heavy atom. The summed E-state index contributed by atoms with van der Waals surface area (Å²) in [7, 11) is 0. The number of hydrogen-bond donors (Lipinski definition) is 1. The third-order valence-corrected chi connectivity index (χ3v) is 3.09. The van der Waals surface area contributed by atoms with E-state index in [0.29, 0.717) is 12.6 Å². The van der Waals surface area contributed by atoms with Crippen molar-refractivity contribution in [1.82, 2.24) is 4.90 Å². The lowest BCUT2D eigenvalue weighted by atomic mass is 10.2. The van der Waals surface area contributed by atoms with Gasteiger partial charge in [0.2, 0.25) is 0 Å². The van der Waals surface area contributed by atoms with Crippen LogP contribution in [-0.4, -0.2) is 48.5 Å². The predicted octanol–water partition coefficient (Wildman–Crippen LogP) is 1.65. The number of nitrogens with zero attached hydrogens (tertiary/aromatic N) is 1. The van der Waals surface area contributed by atoms with Gasteiger partial charge in [0.05, 0.1) is 12.7 Å². The number of β-amino-alcohol motifs (C(OH)–C–C–N with tert-alkyl or cyclic N) is 1. The molecule has 0 unspecified atom stereocenters. The first-order valence-corrected chi connectivity index (χ1v) is 6.24. The lowest BCUT2D eigenvalue weighted by Gasteiger charge is -2.23. The van der Waals surface area contributed by atoms with Gasteiger partial charge >= 0.3 is 0 Å². The fourth-order valence-corrected chi connectivity index (χ4v) is 2.05. The van der Waals surface area contributed by atoms with E-state index in [0.717, 1.165) is 32.5 Å². The number of ether oxygens (including phenoxy) is 1. The molecule has 0 spiro atoms. The van der Waals surface area contributed by atoms with Gasteiger partial charge in [-0.15, -0.1) is 0 Å². The fraction of sp³-hybridized carbons (Fsp3) is 1.00. The first kappa shape index (κ1) is 12.9. The Bertz CT molecular complexity index is 164.